The van der Waals surface area contributed by atoms with Gasteiger partial charge in [-0.2, -0.15) is 5.10 Å². The third kappa shape index (κ3) is 2.72. The molecule has 1 atom stereocenters. The molecule has 5 heteroatoms. The minimum absolute atomic E-state index is 0.674. The van der Waals surface area contributed by atoms with Crippen LogP contribution in [0.2, 0.25) is 0 Å². The Hall–Kier alpha value is -0.390. The molecule has 2 rings (SSSR count). The number of aromatic nitrogens is 2. The molecule has 1 aliphatic rings. The monoisotopic (exact) mass is 300 g/mol. The van der Waals surface area contributed by atoms with Crippen molar-refractivity contribution in [2.24, 2.45) is 11.7 Å². The van der Waals surface area contributed by atoms with E-state index in [4.69, 9.17) is 5.73 Å². The van der Waals surface area contributed by atoms with E-state index < -0.39 is 0 Å². The largest absolute Gasteiger partial charge is 0.330 e. The minimum Gasteiger partial charge on any atom is -0.330 e. The number of rotatable bonds is 4. The summed E-state index contributed by atoms with van der Waals surface area (Å²) in [5.41, 5.74) is 8.10. The first kappa shape index (κ1) is 13.1. The van der Waals surface area contributed by atoms with Crippen LogP contribution in [0.25, 0.3) is 0 Å². The van der Waals surface area contributed by atoms with Gasteiger partial charge in [0.2, 0.25) is 0 Å². The topological polar surface area (TPSA) is 47.1 Å². The summed E-state index contributed by atoms with van der Waals surface area (Å²) in [4.78, 5) is 2.48. The van der Waals surface area contributed by atoms with Crippen LogP contribution in [0.4, 0.5) is 0 Å². The van der Waals surface area contributed by atoms with Gasteiger partial charge in [0.1, 0.15) is 0 Å². The maximum atomic E-state index is 5.73. The SMILES string of the molecule is CCn1nc(C)c(Br)c1CN1CCC(CN)C1. The number of hydrogen-bond acceptors (Lipinski definition) is 3. The summed E-state index contributed by atoms with van der Waals surface area (Å²) < 4.78 is 3.25. The normalized spacial score (nSPS) is 21.3. The van der Waals surface area contributed by atoms with Gasteiger partial charge in [0.25, 0.3) is 0 Å². The minimum atomic E-state index is 0.674. The molecule has 1 aromatic heterocycles. The fourth-order valence-corrected chi connectivity index (χ4v) is 2.89. The average molecular weight is 301 g/mol. The molecule has 1 saturated heterocycles. The van der Waals surface area contributed by atoms with Crippen LogP contribution in [0.5, 0.6) is 0 Å². The summed E-state index contributed by atoms with van der Waals surface area (Å²) in [5, 5.41) is 4.53. The van der Waals surface area contributed by atoms with Crippen LogP contribution < -0.4 is 5.73 Å². The molecule has 2 heterocycles. The van der Waals surface area contributed by atoms with Crippen LogP contribution in [0.3, 0.4) is 0 Å². The second-order valence-corrected chi connectivity index (χ2v) is 5.58. The van der Waals surface area contributed by atoms with E-state index in [1.807, 2.05) is 6.92 Å². The highest BCUT2D eigenvalue weighted by Gasteiger charge is 2.23. The third-order valence-electron chi connectivity index (χ3n) is 3.53. The maximum absolute atomic E-state index is 5.73. The molecule has 0 spiro atoms. The fraction of sp³-hybridized carbons (Fsp3) is 0.750. The lowest BCUT2D eigenvalue weighted by Gasteiger charge is -2.16. The van der Waals surface area contributed by atoms with E-state index in [-0.39, 0.29) is 0 Å². The fourth-order valence-electron chi connectivity index (χ4n) is 2.48. The van der Waals surface area contributed by atoms with Crippen molar-refractivity contribution in [3.63, 3.8) is 0 Å². The van der Waals surface area contributed by atoms with E-state index in [0.29, 0.717) is 5.92 Å². The van der Waals surface area contributed by atoms with Gasteiger partial charge in [-0.3, -0.25) is 9.58 Å². The summed E-state index contributed by atoms with van der Waals surface area (Å²) in [7, 11) is 0. The standard InChI is InChI=1S/C12H21BrN4/c1-3-17-11(12(13)9(2)15-17)8-16-5-4-10(6-14)7-16/h10H,3-8,14H2,1-2H3. The van der Waals surface area contributed by atoms with Gasteiger partial charge in [0.15, 0.2) is 0 Å². The zero-order valence-corrected chi connectivity index (χ0v) is 12.2. The van der Waals surface area contributed by atoms with Crippen LogP contribution in [-0.2, 0) is 13.1 Å². The number of halogens is 1. The Balaban J connectivity index is 2.08. The van der Waals surface area contributed by atoms with Crippen molar-refractivity contribution in [2.45, 2.75) is 33.4 Å². The Labute approximate surface area is 111 Å². The highest BCUT2D eigenvalue weighted by atomic mass is 79.9. The van der Waals surface area contributed by atoms with Gasteiger partial charge >= 0.3 is 0 Å². The van der Waals surface area contributed by atoms with Crippen molar-refractivity contribution >= 4 is 15.9 Å². The zero-order valence-electron chi connectivity index (χ0n) is 10.6. The van der Waals surface area contributed by atoms with E-state index in [9.17, 15) is 0 Å². The molecule has 4 nitrogen and oxygen atoms in total. The number of nitrogens with two attached hydrogens (primary N) is 1. The first-order valence-electron chi connectivity index (χ1n) is 6.29. The molecule has 96 valence electrons. The summed E-state index contributed by atoms with van der Waals surface area (Å²) >= 11 is 3.65. The van der Waals surface area contributed by atoms with Gasteiger partial charge in [-0.25, -0.2) is 0 Å². The van der Waals surface area contributed by atoms with Gasteiger partial charge in [-0.1, -0.05) is 0 Å². The zero-order chi connectivity index (χ0) is 12.4. The number of aryl methyl sites for hydroxylation is 2. The van der Waals surface area contributed by atoms with Gasteiger partial charge in [0.05, 0.1) is 15.9 Å². The second-order valence-electron chi connectivity index (χ2n) is 4.79. The van der Waals surface area contributed by atoms with Crippen molar-refractivity contribution < 1.29 is 0 Å². The predicted octanol–water partition coefficient (Wildman–Crippen LogP) is 1.75. The Bertz CT molecular complexity index is 388. The van der Waals surface area contributed by atoms with Gasteiger partial charge < -0.3 is 5.73 Å². The van der Waals surface area contributed by atoms with Crippen LogP contribution in [0, 0.1) is 12.8 Å². The molecule has 0 amide bonds. The summed E-state index contributed by atoms with van der Waals surface area (Å²) in [6, 6.07) is 0. The molecule has 0 saturated carbocycles. The molecule has 1 aromatic rings. The molecule has 0 aromatic carbocycles. The van der Waals surface area contributed by atoms with E-state index in [1.54, 1.807) is 0 Å². The molecule has 0 aliphatic carbocycles. The molecule has 2 N–H and O–H groups in total. The molecular formula is C12H21BrN4. The summed E-state index contributed by atoms with van der Waals surface area (Å²) in [6.07, 6.45) is 1.23. The predicted molar refractivity (Wildman–Crippen MR) is 72.8 cm³/mol. The van der Waals surface area contributed by atoms with Crippen LogP contribution in [0.1, 0.15) is 24.7 Å². The van der Waals surface area contributed by atoms with Crippen molar-refractivity contribution in [3.05, 3.63) is 15.9 Å². The summed E-state index contributed by atoms with van der Waals surface area (Å²) in [5.74, 6) is 0.674. The lowest BCUT2D eigenvalue weighted by Crippen LogP contribution is -2.24. The van der Waals surface area contributed by atoms with Crippen molar-refractivity contribution in [2.75, 3.05) is 19.6 Å². The number of hydrogen-bond donors (Lipinski definition) is 1. The van der Waals surface area contributed by atoms with Crippen LogP contribution in [0.15, 0.2) is 4.47 Å². The molecule has 1 aliphatic heterocycles. The highest BCUT2D eigenvalue weighted by molar-refractivity contribution is 9.10. The van der Waals surface area contributed by atoms with Gasteiger partial charge in [0, 0.05) is 19.6 Å². The van der Waals surface area contributed by atoms with E-state index >= 15 is 0 Å². The van der Waals surface area contributed by atoms with E-state index in [0.717, 1.165) is 42.9 Å². The molecule has 1 unspecified atom stereocenters. The first-order chi connectivity index (χ1) is 8.15. The molecule has 1 fully saturated rings. The van der Waals surface area contributed by atoms with Gasteiger partial charge in [-0.15, -0.1) is 0 Å². The third-order valence-corrected chi connectivity index (χ3v) is 4.56. The van der Waals surface area contributed by atoms with Crippen LogP contribution >= 0.6 is 15.9 Å². The van der Waals surface area contributed by atoms with Crippen molar-refractivity contribution in [1.29, 1.82) is 0 Å². The lowest BCUT2D eigenvalue weighted by atomic mass is 10.1. The lowest BCUT2D eigenvalue weighted by molar-refractivity contribution is 0.306. The van der Waals surface area contributed by atoms with E-state index in [1.165, 1.54) is 12.1 Å². The Morgan fingerprint density at radius 2 is 2.29 bits per heavy atom. The quantitative estimate of drug-likeness (QED) is 0.922. The molecule has 0 radical (unpaired) electrons. The van der Waals surface area contributed by atoms with Crippen molar-refractivity contribution in [1.82, 2.24) is 14.7 Å². The summed E-state index contributed by atoms with van der Waals surface area (Å²) in [6.45, 7) is 9.17. The van der Waals surface area contributed by atoms with Crippen LogP contribution in [-0.4, -0.2) is 34.3 Å². The van der Waals surface area contributed by atoms with E-state index in [2.05, 4.69) is 37.5 Å². The molecular weight excluding hydrogens is 280 g/mol. The molecule has 17 heavy (non-hydrogen) atoms. The highest BCUT2D eigenvalue weighted by Crippen LogP contribution is 2.25. The smallest absolute Gasteiger partial charge is 0.0739 e. The van der Waals surface area contributed by atoms with Gasteiger partial charge in [-0.05, 0) is 55.2 Å². The average Bonchev–Trinajstić information content (AvgIpc) is 2.89. The second kappa shape index (κ2) is 5.50. The molecule has 0 bridgehead atoms. The Morgan fingerprint density at radius 1 is 1.53 bits per heavy atom. The van der Waals surface area contributed by atoms with Crippen molar-refractivity contribution in [3.8, 4) is 0 Å². The number of nitrogens with zero attached hydrogens (tertiary/aromatic N) is 3. The number of likely N-dealkylation sites (tertiary alicyclic amines) is 1. The first-order valence-corrected chi connectivity index (χ1v) is 7.09. The Morgan fingerprint density at radius 3 is 2.88 bits per heavy atom. The Kier molecular flexibility index (Phi) is 4.22. The maximum Gasteiger partial charge on any atom is 0.0739 e.